The number of nitrogens with zero attached hydrogens (tertiary/aromatic N) is 1. The van der Waals surface area contributed by atoms with Gasteiger partial charge in [0.15, 0.2) is 0 Å². The van der Waals surface area contributed by atoms with Gasteiger partial charge in [-0.15, -0.1) is 0 Å². The molecule has 1 saturated heterocycles. The van der Waals surface area contributed by atoms with Gasteiger partial charge >= 0.3 is 0 Å². The first kappa shape index (κ1) is 12.6. The highest BCUT2D eigenvalue weighted by molar-refractivity contribution is 5.83. The number of β-amino-alcohol motifs (C(OH)–C–C–N with tert-alkyl or cyclic N) is 2. The average Bonchev–Trinajstić information content (AvgIpc) is 2.77. The first-order chi connectivity index (χ1) is 9.15. The molecule has 3 N–H and O–H groups in total. The molecule has 19 heavy (non-hydrogen) atoms. The van der Waals surface area contributed by atoms with Crippen LogP contribution in [0.1, 0.15) is 11.1 Å². The number of likely N-dealkylation sites (tertiary alicyclic amines) is 1. The fourth-order valence-corrected chi connectivity index (χ4v) is 2.80. The summed E-state index contributed by atoms with van der Waals surface area (Å²) in [5, 5.41) is 22.2. The Morgan fingerprint density at radius 3 is 2.47 bits per heavy atom. The highest BCUT2D eigenvalue weighted by atomic mass is 16.3. The zero-order valence-electron chi connectivity index (χ0n) is 10.6. The van der Waals surface area contributed by atoms with Crippen LogP contribution < -0.4 is 5.32 Å². The number of carbonyl (C=O) groups excluding carboxylic acids is 1. The Kier molecular flexibility index (Phi) is 3.26. The summed E-state index contributed by atoms with van der Waals surface area (Å²) in [7, 11) is 0. The molecule has 0 spiro atoms. The number of carbonyl (C=O) groups is 1. The van der Waals surface area contributed by atoms with Crippen molar-refractivity contribution in [3.63, 3.8) is 0 Å². The minimum atomic E-state index is -0.820. The van der Waals surface area contributed by atoms with Crippen LogP contribution in [0.3, 0.4) is 0 Å². The molecule has 0 saturated carbocycles. The molecule has 3 atom stereocenters. The van der Waals surface area contributed by atoms with E-state index in [-0.39, 0.29) is 25.0 Å². The van der Waals surface area contributed by atoms with E-state index in [0.717, 1.165) is 0 Å². The summed E-state index contributed by atoms with van der Waals surface area (Å²) >= 11 is 0. The SMILES string of the molecule is O=C([C@H]1Cc2ccccc2CN1)N1CC(O)C(O)C1. The van der Waals surface area contributed by atoms with Crippen molar-refractivity contribution in [2.24, 2.45) is 0 Å². The molecular formula is C14H18N2O3. The number of fused-ring (bicyclic) bond motifs is 1. The van der Waals surface area contributed by atoms with Crippen molar-refractivity contribution in [2.45, 2.75) is 31.2 Å². The second kappa shape index (κ2) is 4.92. The normalized spacial score (nSPS) is 30.2. The molecule has 2 aliphatic rings. The lowest BCUT2D eigenvalue weighted by atomic mass is 9.95. The lowest BCUT2D eigenvalue weighted by Crippen LogP contribution is -2.49. The minimum absolute atomic E-state index is 0.0369. The summed E-state index contributed by atoms with van der Waals surface area (Å²) < 4.78 is 0. The topological polar surface area (TPSA) is 72.8 Å². The van der Waals surface area contributed by atoms with E-state index >= 15 is 0 Å². The molecule has 1 amide bonds. The number of benzene rings is 1. The number of amides is 1. The number of hydrogen-bond acceptors (Lipinski definition) is 4. The Bertz CT molecular complexity index is 481. The number of aliphatic hydroxyl groups excluding tert-OH is 2. The molecule has 5 nitrogen and oxygen atoms in total. The van der Waals surface area contributed by atoms with Crippen LogP contribution in [0.25, 0.3) is 0 Å². The van der Waals surface area contributed by atoms with Crippen molar-refractivity contribution in [2.75, 3.05) is 13.1 Å². The number of hydrogen-bond donors (Lipinski definition) is 3. The van der Waals surface area contributed by atoms with E-state index in [1.165, 1.54) is 11.1 Å². The third-order valence-corrected chi connectivity index (χ3v) is 3.95. The first-order valence-corrected chi connectivity index (χ1v) is 6.60. The van der Waals surface area contributed by atoms with E-state index in [1.807, 2.05) is 18.2 Å². The van der Waals surface area contributed by atoms with Gasteiger partial charge in [0, 0.05) is 19.6 Å². The summed E-state index contributed by atoms with van der Waals surface area (Å²) in [6.07, 6.45) is -0.975. The maximum Gasteiger partial charge on any atom is 0.240 e. The zero-order chi connectivity index (χ0) is 13.4. The van der Waals surface area contributed by atoms with Crippen molar-refractivity contribution < 1.29 is 15.0 Å². The van der Waals surface area contributed by atoms with Gasteiger partial charge < -0.3 is 20.4 Å². The van der Waals surface area contributed by atoms with Gasteiger partial charge in [0.2, 0.25) is 5.91 Å². The van der Waals surface area contributed by atoms with Crippen LogP contribution in [-0.2, 0) is 17.8 Å². The predicted octanol–water partition coefficient (Wildman–Crippen LogP) is -0.735. The van der Waals surface area contributed by atoms with E-state index in [9.17, 15) is 15.0 Å². The fraction of sp³-hybridized carbons (Fsp3) is 0.500. The van der Waals surface area contributed by atoms with Crippen molar-refractivity contribution >= 4 is 5.91 Å². The largest absolute Gasteiger partial charge is 0.388 e. The zero-order valence-corrected chi connectivity index (χ0v) is 10.6. The molecule has 2 unspecified atom stereocenters. The standard InChI is InChI=1S/C14H18N2O3/c17-12-7-16(8-13(12)18)14(19)11-5-9-3-1-2-4-10(9)6-15-11/h1-4,11-13,15,17-18H,5-8H2/t11-,12?,13?/m1/s1. The van der Waals surface area contributed by atoms with Crippen LogP contribution in [0.5, 0.6) is 0 Å². The molecule has 2 aliphatic heterocycles. The Morgan fingerprint density at radius 2 is 1.79 bits per heavy atom. The monoisotopic (exact) mass is 262 g/mol. The van der Waals surface area contributed by atoms with Crippen LogP contribution in [0.15, 0.2) is 24.3 Å². The van der Waals surface area contributed by atoms with Crippen molar-refractivity contribution in [3.8, 4) is 0 Å². The highest BCUT2D eigenvalue weighted by Gasteiger charge is 2.36. The quantitative estimate of drug-likeness (QED) is 0.623. The fourth-order valence-electron chi connectivity index (χ4n) is 2.80. The first-order valence-electron chi connectivity index (χ1n) is 6.60. The maximum atomic E-state index is 12.3. The Balaban J connectivity index is 1.70. The molecule has 1 aromatic carbocycles. The lowest BCUT2D eigenvalue weighted by molar-refractivity contribution is -0.133. The smallest absolute Gasteiger partial charge is 0.240 e. The van der Waals surface area contributed by atoms with Crippen molar-refractivity contribution in [3.05, 3.63) is 35.4 Å². The van der Waals surface area contributed by atoms with Crippen molar-refractivity contribution in [1.82, 2.24) is 10.2 Å². The summed E-state index contributed by atoms with van der Waals surface area (Å²) in [5.41, 5.74) is 2.42. The molecule has 3 rings (SSSR count). The third-order valence-electron chi connectivity index (χ3n) is 3.95. The van der Waals surface area contributed by atoms with Gasteiger partial charge in [-0.05, 0) is 17.5 Å². The van der Waals surface area contributed by atoms with Gasteiger partial charge in [0.1, 0.15) is 0 Å². The Morgan fingerprint density at radius 1 is 1.16 bits per heavy atom. The molecule has 1 aromatic rings. The highest BCUT2D eigenvalue weighted by Crippen LogP contribution is 2.19. The average molecular weight is 262 g/mol. The minimum Gasteiger partial charge on any atom is -0.388 e. The molecule has 0 bridgehead atoms. The van der Waals surface area contributed by atoms with Gasteiger partial charge in [-0.1, -0.05) is 24.3 Å². The second-order valence-corrected chi connectivity index (χ2v) is 5.28. The summed E-state index contributed by atoms with van der Waals surface area (Å²) in [4.78, 5) is 13.9. The van der Waals surface area contributed by atoms with E-state index in [0.29, 0.717) is 13.0 Å². The van der Waals surface area contributed by atoms with E-state index in [4.69, 9.17) is 0 Å². The van der Waals surface area contributed by atoms with E-state index in [1.54, 1.807) is 4.90 Å². The summed E-state index contributed by atoms with van der Waals surface area (Å²) in [6.45, 7) is 1.13. The molecule has 1 fully saturated rings. The second-order valence-electron chi connectivity index (χ2n) is 5.28. The van der Waals surface area contributed by atoms with Crippen LogP contribution in [0.4, 0.5) is 0 Å². The molecule has 2 heterocycles. The maximum absolute atomic E-state index is 12.3. The molecule has 5 heteroatoms. The van der Waals surface area contributed by atoms with Crippen LogP contribution in [0.2, 0.25) is 0 Å². The number of rotatable bonds is 1. The van der Waals surface area contributed by atoms with Crippen LogP contribution in [0, 0.1) is 0 Å². The summed E-state index contributed by atoms with van der Waals surface area (Å²) in [5.74, 6) is -0.0369. The predicted molar refractivity (Wildman–Crippen MR) is 69.4 cm³/mol. The number of nitrogens with one attached hydrogen (secondary N) is 1. The van der Waals surface area contributed by atoms with Crippen LogP contribution in [-0.4, -0.2) is 52.4 Å². The number of aliphatic hydroxyl groups is 2. The van der Waals surface area contributed by atoms with Gasteiger partial charge in [0.25, 0.3) is 0 Å². The van der Waals surface area contributed by atoms with Crippen LogP contribution >= 0.6 is 0 Å². The molecular weight excluding hydrogens is 244 g/mol. The Labute approximate surface area is 111 Å². The van der Waals surface area contributed by atoms with Crippen molar-refractivity contribution in [1.29, 1.82) is 0 Å². The molecule has 0 aromatic heterocycles. The summed E-state index contributed by atoms with van der Waals surface area (Å²) in [6, 6.07) is 7.83. The Hall–Kier alpha value is -1.43. The van der Waals surface area contributed by atoms with E-state index < -0.39 is 12.2 Å². The molecule has 0 aliphatic carbocycles. The van der Waals surface area contributed by atoms with Gasteiger partial charge in [-0.2, -0.15) is 0 Å². The van der Waals surface area contributed by atoms with Gasteiger partial charge in [0.05, 0.1) is 18.2 Å². The van der Waals surface area contributed by atoms with E-state index in [2.05, 4.69) is 11.4 Å². The van der Waals surface area contributed by atoms with Gasteiger partial charge in [-0.25, -0.2) is 0 Å². The molecule has 102 valence electrons. The third kappa shape index (κ3) is 2.36. The van der Waals surface area contributed by atoms with Gasteiger partial charge in [-0.3, -0.25) is 4.79 Å². The lowest BCUT2D eigenvalue weighted by Gasteiger charge is -2.28. The molecule has 0 radical (unpaired) electrons.